The maximum absolute atomic E-state index is 9.95. The van der Waals surface area contributed by atoms with Crippen LogP contribution in [0.15, 0.2) is 17.7 Å². The van der Waals surface area contributed by atoms with Crippen molar-refractivity contribution in [2.75, 3.05) is 0 Å². The van der Waals surface area contributed by atoms with Crippen molar-refractivity contribution in [3.63, 3.8) is 0 Å². The van der Waals surface area contributed by atoms with Gasteiger partial charge < -0.3 is 7.50 Å². The third-order valence-corrected chi connectivity index (χ3v) is 1.24. The summed E-state index contributed by atoms with van der Waals surface area (Å²) in [6.07, 6.45) is 9.26. The van der Waals surface area contributed by atoms with Gasteiger partial charge in [0.15, 0.2) is 0 Å². The number of carbonyl (C=O) groups is 1. The molecule has 0 heterocycles. The van der Waals surface area contributed by atoms with E-state index in [9.17, 15) is 4.79 Å². The van der Waals surface area contributed by atoms with Gasteiger partial charge in [0.05, 0.1) is 0 Å². The van der Waals surface area contributed by atoms with Gasteiger partial charge in [-0.05, 0) is 19.4 Å². The van der Waals surface area contributed by atoms with Gasteiger partial charge in [0, 0.05) is 0 Å². The second-order valence-corrected chi connectivity index (χ2v) is 2.18. The maximum Gasteiger partial charge on any atom is 2.00 e. The molecule has 0 aliphatic rings. The summed E-state index contributed by atoms with van der Waals surface area (Å²) in [4.78, 5) is 9.95. The van der Waals surface area contributed by atoms with Crippen molar-refractivity contribution in [1.82, 2.24) is 0 Å². The molecule has 0 aromatic heterocycles. The summed E-state index contributed by atoms with van der Waals surface area (Å²) in [5, 5.41) is 0. The number of hydrogen-bond acceptors (Lipinski definition) is 1. The average Bonchev–Trinajstić information content (AvgIpc) is 1.89. The van der Waals surface area contributed by atoms with Crippen LogP contribution in [0.5, 0.6) is 0 Å². The molecular formula is C9H14CaO. The Bertz CT molecular complexity index is 153. The first-order valence-electron chi connectivity index (χ1n) is 3.41. The monoisotopic (exact) mass is 178 g/mol. The first-order chi connectivity index (χ1) is 4.81. The van der Waals surface area contributed by atoms with Crippen LogP contribution < -0.4 is 0 Å². The summed E-state index contributed by atoms with van der Waals surface area (Å²) in [5.41, 5.74) is 1.13. The maximum atomic E-state index is 9.95. The summed E-state index contributed by atoms with van der Waals surface area (Å²) < 4.78 is 0. The molecule has 0 unspecified atom stereocenters. The number of hydrogen-bond donors (Lipinski definition) is 0. The Morgan fingerprint density at radius 3 is 2.73 bits per heavy atom. The molecule has 0 N–H and O–H groups in total. The fraction of sp³-hybridized carbons (Fsp3) is 0.444. The summed E-state index contributed by atoms with van der Waals surface area (Å²) in [6, 6.07) is 0. The van der Waals surface area contributed by atoms with Gasteiger partial charge in [-0.15, -0.1) is 0 Å². The molecule has 2 heteroatoms. The second-order valence-electron chi connectivity index (χ2n) is 2.18. The van der Waals surface area contributed by atoms with Crippen LogP contribution in [0.2, 0.25) is 0 Å². The predicted molar refractivity (Wildman–Crippen MR) is 49.4 cm³/mol. The van der Waals surface area contributed by atoms with Crippen LogP contribution in [0.4, 0.5) is 0 Å². The summed E-state index contributed by atoms with van der Waals surface area (Å²) in [5.74, 6) is 0. The van der Waals surface area contributed by atoms with Gasteiger partial charge in [-0.1, -0.05) is 12.0 Å². The van der Waals surface area contributed by atoms with Crippen molar-refractivity contribution in [1.29, 1.82) is 0 Å². The van der Waals surface area contributed by atoms with Gasteiger partial charge in [-0.25, -0.2) is 0 Å². The summed E-state index contributed by atoms with van der Waals surface area (Å²) >= 11 is 0. The first-order valence-corrected chi connectivity index (χ1v) is 3.41. The van der Waals surface area contributed by atoms with Crippen molar-refractivity contribution in [3.8, 4) is 0 Å². The van der Waals surface area contributed by atoms with E-state index in [0.717, 1.165) is 24.7 Å². The minimum absolute atomic E-state index is 0. The van der Waals surface area contributed by atoms with Gasteiger partial charge in [0.2, 0.25) is 0 Å². The van der Waals surface area contributed by atoms with E-state index in [1.807, 2.05) is 19.9 Å². The second kappa shape index (κ2) is 10.4. The van der Waals surface area contributed by atoms with Crippen LogP contribution in [-0.4, -0.2) is 44.0 Å². The zero-order valence-electron chi connectivity index (χ0n) is 8.26. The predicted octanol–water partition coefficient (Wildman–Crippen LogP) is 2.02. The van der Waals surface area contributed by atoms with Crippen LogP contribution in [0, 0.1) is 6.08 Å². The van der Waals surface area contributed by atoms with E-state index in [-0.39, 0.29) is 39.2 Å². The summed E-state index contributed by atoms with van der Waals surface area (Å²) in [7, 11) is 0. The Morgan fingerprint density at radius 1 is 1.64 bits per heavy atom. The van der Waals surface area contributed by atoms with E-state index in [4.69, 9.17) is 0 Å². The number of aldehydes is 1. The van der Waals surface area contributed by atoms with Crippen LogP contribution >= 0.6 is 0 Å². The Kier molecular flexibility index (Phi) is 13.2. The normalized spacial score (nSPS) is 11.3. The molecular weight excluding hydrogens is 164 g/mol. The molecule has 0 atom stereocenters. The molecule has 0 saturated carbocycles. The molecule has 0 saturated heterocycles. The van der Waals surface area contributed by atoms with Crippen molar-refractivity contribution < 1.29 is 6.22 Å². The SMILES string of the molecule is C[C-]=CCC/C(C)=C\C=O.[Ca+2].[H-]. The fourth-order valence-electron chi connectivity index (χ4n) is 0.644. The van der Waals surface area contributed by atoms with Crippen molar-refractivity contribution in [3.05, 3.63) is 23.8 Å². The van der Waals surface area contributed by atoms with E-state index in [2.05, 4.69) is 6.08 Å². The third kappa shape index (κ3) is 10.4. The van der Waals surface area contributed by atoms with Crippen LogP contribution in [-0.2, 0) is 4.79 Å². The van der Waals surface area contributed by atoms with E-state index in [0.29, 0.717) is 0 Å². The molecule has 0 aliphatic carbocycles. The molecule has 0 amide bonds. The zero-order valence-corrected chi connectivity index (χ0v) is 9.47. The van der Waals surface area contributed by atoms with Gasteiger partial charge in [-0.2, -0.15) is 6.92 Å². The molecule has 0 radical (unpaired) electrons. The molecule has 58 valence electrons. The molecule has 0 spiro atoms. The van der Waals surface area contributed by atoms with E-state index in [1.54, 1.807) is 6.08 Å². The Hall–Kier alpha value is 0.410. The average molecular weight is 178 g/mol. The van der Waals surface area contributed by atoms with Gasteiger partial charge in [0.1, 0.15) is 6.29 Å². The van der Waals surface area contributed by atoms with Crippen molar-refractivity contribution in [2.45, 2.75) is 26.7 Å². The topological polar surface area (TPSA) is 17.1 Å². The molecule has 0 rings (SSSR count). The molecule has 0 fully saturated rings. The number of rotatable bonds is 4. The first kappa shape index (κ1) is 14.0. The quantitative estimate of drug-likeness (QED) is 0.278. The van der Waals surface area contributed by atoms with Gasteiger partial charge in [0.25, 0.3) is 0 Å². The Morgan fingerprint density at radius 2 is 2.27 bits per heavy atom. The standard InChI is InChI=1S/C9H13O.Ca.H/c1-3-4-5-6-9(2)7-8-10;;/h4,7-8H,5-6H2,1-2H3;;/q-1;+2;-1/b9-7-;;. The summed E-state index contributed by atoms with van der Waals surface area (Å²) in [6.45, 7) is 3.83. The van der Waals surface area contributed by atoms with Crippen LogP contribution in [0.25, 0.3) is 0 Å². The van der Waals surface area contributed by atoms with E-state index in [1.165, 1.54) is 0 Å². The van der Waals surface area contributed by atoms with Gasteiger partial charge >= 0.3 is 37.7 Å². The molecule has 0 aromatic carbocycles. The molecule has 0 aliphatic heterocycles. The van der Waals surface area contributed by atoms with E-state index < -0.39 is 0 Å². The van der Waals surface area contributed by atoms with Crippen molar-refractivity contribution in [2.24, 2.45) is 0 Å². The largest absolute Gasteiger partial charge is 2.00 e. The number of carbonyl (C=O) groups excluding carboxylic acids is 1. The van der Waals surface area contributed by atoms with Crippen LogP contribution in [0.1, 0.15) is 28.1 Å². The smallest absolute Gasteiger partial charge is 1.00 e. The minimum atomic E-state index is 0. The van der Waals surface area contributed by atoms with Crippen molar-refractivity contribution >= 4 is 44.0 Å². The Labute approximate surface area is 100 Å². The Balaban J connectivity index is -0.000000405. The number of allylic oxidation sites excluding steroid dienone is 4. The van der Waals surface area contributed by atoms with E-state index >= 15 is 0 Å². The molecule has 0 bridgehead atoms. The minimum Gasteiger partial charge on any atom is -1.00 e. The molecule has 11 heavy (non-hydrogen) atoms. The molecule has 0 aromatic rings. The zero-order chi connectivity index (χ0) is 7.82. The van der Waals surface area contributed by atoms with Gasteiger partial charge in [-0.3, -0.25) is 10.9 Å². The third-order valence-electron chi connectivity index (χ3n) is 1.24. The van der Waals surface area contributed by atoms with Crippen LogP contribution in [0.3, 0.4) is 0 Å². The fourth-order valence-corrected chi connectivity index (χ4v) is 0.644. The molecule has 1 nitrogen and oxygen atoms in total.